The lowest BCUT2D eigenvalue weighted by Gasteiger charge is -2.07. The molecule has 1 atom stereocenters. The van der Waals surface area contributed by atoms with Crippen molar-refractivity contribution in [1.29, 1.82) is 0 Å². The van der Waals surface area contributed by atoms with Gasteiger partial charge in [-0.3, -0.25) is 34.4 Å². The minimum atomic E-state index is -4.42. The lowest BCUT2D eigenvalue weighted by atomic mass is 10.2. The van der Waals surface area contributed by atoms with E-state index in [-0.39, 0.29) is 17.8 Å². The number of benzene rings is 1. The third-order valence-electron chi connectivity index (χ3n) is 4.01. The van der Waals surface area contributed by atoms with Gasteiger partial charge in [0.2, 0.25) is 11.8 Å². The highest BCUT2D eigenvalue weighted by Gasteiger charge is 2.39. The van der Waals surface area contributed by atoms with Gasteiger partial charge in [0.25, 0.3) is 15.8 Å². The van der Waals surface area contributed by atoms with Gasteiger partial charge in [-0.15, -0.1) is 0 Å². The molecule has 1 fully saturated rings. The summed E-state index contributed by atoms with van der Waals surface area (Å²) in [5, 5.41) is 25.8. The Bertz CT molecular complexity index is 1040. The number of carboxylic acids is 1. The SMILES string of the molecule is O=C1CC(S(=O)(=O)O)C(=O)N1.[N-]=[N+]=Nc1ccc(NCCCCCC(=O)O)c([N+](=O)[O-])c1. The van der Waals surface area contributed by atoms with Crippen LogP contribution in [0.15, 0.2) is 23.3 Å². The summed E-state index contributed by atoms with van der Waals surface area (Å²) in [7, 11) is -4.42. The minimum Gasteiger partial charge on any atom is -0.481 e. The predicted octanol–water partition coefficient (Wildman–Crippen LogP) is 1.88. The van der Waals surface area contributed by atoms with Crippen molar-refractivity contribution >= 4 is 45.0 Å². The van der Waals surface area contributed by atoms with Crippen LogP contribution >= 0.6 is 0 Å². The Morgan fingerprint density at radius 1 is 1.34 bits per heavy atom. The number of rotatable bonds is 10. The van der Waals surface area contributed by atoms with Gasteiger partial charge in [0.1, 0.15) is 5.69 Å². The van der Waals surface area contributed by atoms with Crippen molar-refractivity contribution in [3.63, 3.8) is 0 Å². The molecule has 1 unspecified atom stereocenters. The largest absolute Gasteiger partial charge is 0.481 e. The number of carbonyl (C=O) groups is 3. The zero-order chi connectivity index (χ0) is 24.3. The van der Waals surface area contributed by atoms with Crippen molar-refractivity contribution in [2.24, 2.45) is 5.11 Å². The molecule has 0 spiro atoms. The number of nitrogens with zero attached hydrogens (tertiary/aromatic N) is 4. The standard InChI is InChI=1S/C12H15N5O4.C4H5NO5S/c13-16-15-9-5-6-10(11(8-9)17(20)21)14-7-3-1-2-4-12(18)19;6-3-1-2(4(7)5-3)11(8,9)10/h5-6,8,14H,1-4,7H2,(H,18,19);2H,1H2,(H,5,6,7)(H,8,9,10). The van der Waals surface area contributed by atoms with Gasteiger partial charge in [-0.05, 0) is 24.4 Å². The van der Waals surface area contributed by atoms with Crippen molar-refractivity contribution in [2.45, 2.75) is 37.4 Å². The van der Waals surface area contributed by atoms with Gasteiger partial charge in [-0.2, -0.15) is 8.42 Å². The number of carbonyl (C=O) groups excluding carboxylic acids is 2. The second-order valence-electron chi connectivity index (χ2n) is 6.40. The maximum absolute atomic E-state index is 11.0. The number of nitrogens with one attached hydrogen (secondary N) is 2. The molecule has 1 heterocycles. The summed E-state index contributed by atoms with van der Waals surface area (Å²) >= 11 is 0. The average molecular weight is 472 g/mol. The first-order valence-corrected chi connectivity index (χ1v) is 10.5. The molecule has 15 nitrogen and oxygen atoms in total. The fourth-order valence-corrected chi connectivity index (χ4v) is 3.20. The number of nitro benzene ring substituents is 1. The van der Waals surface area contributed by atoms with Gasteiger partial charge in [0.15, 0.2) is 5.25 Å². The van der Waals surface area contributed by atoms with Crippen LogP contribution in [0.25, 0.3) is 10.4 Å². The fourth-order valence-electron chi connectivity index (χ4n) is 2.51. The van der Waals surface area contributed by atoms with Crippen LogP contribution in [0, 0.1) is 10.1 Å². The van der Waals surface area contributed by atoms with Crippen LogP contribution in [-0.2, 0) is 24.5 Å². The van der Waals surface area contributed by atoms with E-state index in [9.17, 15) is 32.9 Å². The van der Waals surface area contributed by atoms with Crippen molar-refractivity contribution in [2.75, 3.05) is 11.9 Å². The molecule has 1 aliphatic rings. The molecular weight excluding hydrogens is 452 g/mol. The van der Waals surface area contributed by atoms with Crippen molar-refractivity contribution < 1.29 is 37.4 Å². The molecule has 1 aromatic carbocycles. The predicted molar refractivity (Wildman–Crippen MR) is 110 cm³/mol. The molecule has 174 valence electrons. The van der Waals surface area contributed by atoms with E-state index >= 15 is 0 Å². The van der Waals surface area contributed by atoms with E-state index < -0.39 is 44.5 Å². The minimum absolute atomic E-state index is 0.126. The summed E-state index contributed by atoms with van der Waals surface area (Å²) < 4.78 is 29.0. The highest BCUT2D eigenvalue weighted by molar-refractivity contribution is 7.87. The van der Waals surface area contributed by atoms with Crippen LogP contribution in [0.2, 0.25) is 0 Å². The first-order valence-electron chi connectivity index (χ1n) is 9.05. The molecular formula is C16H20N6O9S. The van der Waals surface area contributed by atoms with E-state index in [1.807, 2.05) is 0 Å². The first-order chi connectivity index (χ1) is 15.0. The summed E-state index contributed by atoms with van der Waals surface area (Å²) in [5.41, 5.74) is 8.67. The normalized spacial score (nSPS) is 15.1. The van der Waals surface area contributed by atoms with Crippen LogP contribution in [0.5, 0.6) is 0 Å². The highest BCUT2D eigenvalue weighted by Crippen LogP contribution is 2.29. The van der Waals surface area contributed by atoms with E-state index in [1.54, 1.807) is 5.32 Å². The number of azide groups is 1. The van der Waals surface area contributed by atoms with Gasteiger partial charge < -0.3 is 10.4 Å². The van der Waals surface area contributed by atoms with Gasteiger partial charge in [0.05, 0.1) is 11.3 Å². The highest BCUT2D eigenvalue weighted by atomic mass is 32.2. The van der Waals surface area contributed by atoms with Crippen LogP contribution in [0.4, 0.5) is 17.1 Å². The number of imide groups is 1. The first kappa shape index (κ1) is 26.3. The molecule has 16 heteroatoms. The summed E-state index contributed by atoms with van der Waals surface area (Å²) in [6.45, 7) is 0.501. The molecule has 2 amide bonds. The molecule has 1 saturated heterocycles. The van der Waals surface area contributed by atoms with Crippen LogP contribution in [0.3, 0.4) is 0 Å². The van der Waals surface area contributed by atoms with Crippen molar-refractivity contribution in [3.05, 3.63) is 38.8 Å². The molecule has 1 aromatic rings. The Hall–Kier alpha value is -3.75. The summed E-state index contributed by atoms with van der Waals surface area (Å²) in [4.78, 5) is 44.3. The summed E-state index contributed by atoms with van der Waals surface area (Å²) in [6, 6.07) is 4.17. The van der Waals surface area contributed by atoms with Gasteiger partial charge in [-0.25, -0.2) is 0 Å². The topological polar surface area (TPSA) is 242 Å². The zero-order valence-corrected chi connectivity index (χ0v) is 17.3. The van der Waals surface area contributed by atoms with Gasteiger partial charge >= 0.3 is 5.97 Å². The van der Waals surface area contributed by atoms with E-state index in [1.165, 1.54) is 18.2 Å². The summed E-state index contributed by atoms with van der Waals surface area (Å²) in [6.07, 6.45) is 1.65. The Morgan fingerprint density at radius 3 is 2.50 bits per heavy atom. The van der Waals surface area contributed by atoms with E-state index in [0.717, 1.165) is 6.42 Å². The molecule has 0 saturated carbocycles. The number of unbranched alkanes of at least 4 members (excludes halogenated alkanes) is 2. The lowest BCUT2D eigenvalue weighted by molar-refractivity contribution is -0.383. The maximum Gasteiger partial charge on any atom is 0.303 e. The number of carboxylic acid groups (broad SMARTS) is 1. The quantitative estimate of drug-likeness (QED) is 0.0562. The Kier molecular flexibility index (Phi) is 10.0. The molecule has 4 N–H and O–H groups in total. The van der Waals surface area contributed by atoms with E-state index in [4.69, 9.17) is 15.2 Å². The van der Waals surface area contributed by atoms with Gasteiger partial charge in [0, 0.05) is 29.6 Å². The van der Waals surface area contributed by atoms with Crippen LogP contribution in [0.1, 0.15) is 32.1 Å². The Morgan fingerprint density at radius 2 is 2.03 bits per heavy atom. The second-order valence-corrected chi connectivity index (χ2v) is 8.00. The number of aliphatic carboxylic acids is 1. The van der Waals surface area contributed by atoms with Gasteiger partial charge in [-0.1, -0.05) is 17.6 Å². The smallest absolute Gasteiger partial charge is 0.303 e. The lowest BCUT2D eigenvalue weighted by Crippen LogP contribution is -2.30. The fraction of sp³-hybridized carbons (Fsp3) is 0.438. The molecule has 0 bridgehead atoms. The number of anilines is 1. The maximum atomic E-state index is 11.0. The molecule has 0 radical (unpaired) electrons. The number of hydrogen-bond donors (Lipinski definition) is 4. The molecule has 32 heavy (non-hydrogen) atoms. The van der Waals surface area contributed by atoms with Crippen molar-refractivity contribution in [3.8, 4) is 0 Å². The summed E-state index contributed by atoms with van der Waals surface area (Å²) in [5.74, 6) is -2.47. The third-order valence-corrected chi connectivity index (χ3v) is 5.11. The molecule has 0 aromatic heterocycles. The zero-order valence-electron chi connectivity index (χ0n) is 16.5. The monoisotopic (exact) mass is 472 g/mol. The average Bonchev–Trinajstić information content (AvgIpc) is 3.04. The van der Waals surface area contributed by atoms with E-state index in [2.05, 4.69) is 15.3 Å². The van der Waals surface area contributed by atoms with Crippen LogP contribution in [-0.4, -0.2) is 52.6 Å². The Labute approximate surface area is 181 Å². The molecule has 2 rings (SSSR count). The van der Waals surface area contributed by atoms with E-state index in [0.29, 0.717) is 25.1 Å². The van der Waals surface area contributed by atoms with Crippen molar-refractivity contribution in [1.82, 2.24) is 5.32 Å². The van der Waals surface area contributed by atoms with Crippen LogP contribution < -0.4 is 10.6 Å². The second kappa shape index (κ2) is 12.2. The third kappa shape index (κ3) is 8.95. The number of amides is 2. The Balaban J connectivity index is 0.000000389. The number of hydrogen-bond acceptors (Lipinski definition) is 9. The molecule has 0 aliphatic carbocycles. The molecule has 1 aliphatic heterocycles. The number of nitro groups is 1.